The Morgan fingerprint density at radius 3 is 2.95 bits per heavy atom. The zero-order valence-corrected chi connectivity index (χ0v) is 12.1. The van der Waals surface area contributed by atoms with Gasteiger partial charge in [-0.3, -0.25) is 9.48 Å². The number of methoxy groups -OCH3 is 1. The Balaban J connectivity index is 2.43. The van der Waals surface area contributed by atoms with Crippen molar-refractivity contribution in [3.05, 3.63) is 46.2 Å². The van der Waals surface area contributed by atoms with Gasteiger partial charge in [0.05, 0.1) is 24.4 Å². The first-order valence-corrected chi connectivity index (χ1v) is 6.54. The lowest BCUT2D eigenvalue weighted by Gasteiger charge is -2.10. The Bertz CT molecular complexity index is 637. The summed E-state index contributed by atoms with van der Waals surface area (Å²) in [6, 6.07) is 5.24. The van der Waals surface area contributed by atoms with Gasteiger partial charge in [-0.2, -0.15) is 5.10 Å². The quantitative estimate of drug-likeness (QED) is 0.678. The van der Waals surface area contributed by atoms with Crippen LogP contribution in [0.15, 0.2) is 24.4 Å². The van der Waals surface area contributed by atoms with Gasteiger partial charge >= 0.3 is 0 Å². The number of nitrogen functional groups attached to an aromatic ring is 1. The normalized spacial score (nSPS) is 10.8. The van der Waals surface area contributed by atoms with Crippen LogP contribution in [0.25, 0.3) is 0 Å². The van der Waals surface area contributed by atoms with E-state index in [9.17, 15) is 4.79 Å². The fourth-order valence-electron chi connectivity index (χ4n) is 1.96. The molecular weight excluding hydrogens is 278 g/mol. The van der Waals surface area contributed by atoms with E-state index in [4.69, 9.17) is 22.1 Å². The molecule has 0 aliphatic heterocycles. The molecule has 0 fully saturated rings. The number of carbonyl (C=O) groups is 1. The molecule has 2 N–H and O–H groups in total. The molecule has 6 heteroatoms. The Labute approximate surface area is 122 Å². The number of nitrogens with two attached hydrogens (primary N) is 1. The smallest absolute Gasteiger partial charge is 0.212 e. The predicted octanol–water partition coefficient (Wildman–Crippen LogP) is 2.30. The van der Waals surface area contributed by atoms with E-state index in [1.54, 1.807) is 30.0 Å². The monoisotopic (exact) mass is 293 g/mol. The number of hydrogen-bond donors (Lipinski definition) is 1. The van der Waals surface area contributed by atoms with E-state index in [-0.39, 0.29) is 5.78 Å². The van der Waals surface area contributed by atoms with E-state index in [0.29, 0.717) is 35.1 Å². The SMILES string of the molecule is COCCn1ncc(Cl)c1C(=O)c1cccc(N)c1C. The van der Waals surface area contributed by atoms with E-state index in [1.165, 1.54) is 6.20 Å². The molecule has 0 aliphatic rings. The molecule has 0 bridgehead atoms. The molecule has 2 rings (SSSR count). The maximum atomic E-state index is 12.6. The minimum atomic E-state index is -0.187. The molecule has 5 nitrogen and oxygen atoms in total. The fraction of sp³-hybridized carbons (Fsp3) is 0.286. The van der Waals surface area contributed by atoms with Crippen LogP contribution in [-0.4, -0.2) is 29.3 Å². The number of nitrogens with zero attached hydrogens (tertiary/aromatic N) is 2. The lowest BCUT2D eigenvalue weighted by atomic mass is 10.0. The van der Waals surface area contributed by atoms with Crippen molar-refractivity contribution in [1.29, 1.82) is 0 Å². The number of hydrogen-bond acceptors (Lipinski definition) is 4. The van der Waals surface area contributed by atoms with E-state index >= 15 is 0 Å². The molecule has 0 spiro atoms. The number of halogens is 1. The summed E-state index contributed by atoms with van der Waals surface area (Å²) in [5.74, 6) is -0.187. The first kappa shape index (κ1) is 14.6. The maximum Gasteiger partial charge on any atom is 0.212 e. The largest absolute Gasteiger partial charge is 0.398 e. The second-order valence-electron chi connectivity index (χ2n) is 4.41. The Morgan fingerprint density at radius 2 is 2.25 bits per heavy atom. The summed E-state index contributed by atoms with van der Waals surface area (Å²) in [4.78, 5) is 12.6. The van der Waals surface area contributed by atoms with E-state index < -0.39 is 0 Å². The highest BCUT2D eigenvalue weighted by molar-refractivity contribution is 6.34. The van der Waals surface area contributed by atoms with Crippen molar-refractivity contribution in [1.82, 2.24) is 9.78 Å². The zero-order chi connectivity index (χ0) is 14.7. The Morgan fingerprint density at radius 1 is 1.50 bits per heavy atom. The predicted molar refractivity (Wildman–Crippen MR) is 78.1 cm³/mol. The minimum absolute atomic E-state index is 0.187. The summed E-state index contributed by atoms with van der Waals surface area (Å²) in [5.41, 5.74) is 8.05. The molecule has 0 unspecified atom stereocenters. The summed E-state index contributed by atoms with van der Waals surface area (Å²) in [6.45, 7) is 2.73. The third kappa shape index (κ3) is 2.69. The molecule has 0 saturated heterocycles. The van der Waals surface area contributed by atoms with Gasteiger partial charge in [0.1, 0.15) is 5.69 Å². The fourth-order valence-corrected chi connectivity index (χ4v) is 2.19. The van der Waals surface area contributed by atoms with Gasteiger partial charge < -0.3 is 10.5 Å². The first-order chi connectivity index (χ1) is 9.56. The molecule has 2 aromatic rings. The highest BCUT2D eigenvalue weighted by Gasteiger charge is 2.21. The van der Waals surface area contributed by atoms with Crippen molar-refractivity contribution in [2.45, 2.75) is 13.5 Å². The average Bonchev–Trinajstić information content (AvgIpc) is 2.80. The molecule has 0 saturated carbocycles. The lowest BCUT2D eigenvalue weighted by Crippen LogP contribution is -2.15. The Kier molecular flexibility index (Phi) is 4.42. The van der Waals surface area contributed by atoms with Crippen LogP contribution in [-0.2, 0) is 11.3 Å². The molecule has 1 aromatic heterocycles. The maximum absolute atomic E-state index is 12.6. The van der Waals surface area contributed by atoms with Crippen molar-refractivity contribution < 1.29 is 9.53 Å². The number of ether oxygens (including phenoxy) is 1. The second kappa shape index (κ2) is 6.07. The number of carbonyl (C=O) groups excluding carboxylic acids is 1. The summed E-state index contributed by atoms with van der Waals surface area (Å²) in [7, 11) is 1.59. The summed E-state index contributed by atoms with van der Waals surface area (Å²) in [6.07, 6.45) is 1.46. The summed E-state index contributed by atoms with van der Waals surface area (Å²) in [5, 5.41) is 4.43. The van der Waals surface area contributed by atoms with Crippen LogP contribution in [0, 0.1) is 6.92 Å². The van der Waals surface area contributed by atoms with Crippen LogP contribution in [0.3, 0.4) is 0 Å². The van der Waals surface area contributed by atoms with Crippen LogP contribution in [0.2, 0.25) is 5.02 Å². The highest BCUT2D eigenvalue weighted by atomic mass is 35.5. The standard InChI is InChI=1S/C14H16ClN3O2/c1-9-10(4-3-5-12(9)16)14(19)13-11(15)8-17-18(13)6-7-20-2/h3-5,8H,6-7,16H2,1-2H3. The van der Waals surface area contributed by atoms with Gasteiger partial charge in [0.25, 0.3) is 0 Å². The first-order valence-electron chi connectivity index (χ1n) is 6.16. The van der Waals surface area contributed by atoms with Gasteiger partial charge in [-0.05, 0) is 18.6 Å². The molecule has 0 amide bonds. The number of rotatable bonds is 5. The topological polar surface area (TPSA) is 70.1 Å². The average molecular weight is 294 g/mol. The van der Waals surface area contributed by atoms with Crippen molar-refractivity contribution in [2.75, 3.05) is 19.5 Å². The molecule has 1 heterocycles. The van der Waals surface area contributed by atoms with Crippen molar-refractivity contribution in [2.24, 2.45) is 0 Å². The number of benzene rings is 1. The highest BCUT2D eigenvalue weighted by Crippen LogP contribution is 2.23. The van der Waals surface area contributed by atoms with Crippen molar-refractivity contribution in [3.63, 3.8) is 0 Å². The third-order valence-corrected chi connectivity index (χ3v) is 3.41. The molecule has 1 aromatic carbocycles. The number of ketones is 1. The molecular formula is C14H16ClN3O2. The third-order valence-electron chi connectivity index (χ3n) is 3.14. The molecule has 20 heavy (non-hydrogen) atoms. The van der Waals surface area contributed by atoms with Gasteiger partial charge in [-0.15, -0.1) is 0 Å². The molecule has 106 valence electrons. The van der Waals surface area contributed by atoms with Gasteiger partial charge in [0, 0.05) is 18.4 Å². The van der Waals surface area contributed by atoms with Crippen LogP contribution in [0.1, 0.15) is 21.6 Å². The van der Waals surface area contributed by atoms with Crippen LogP contribution in [0.4, 0.5) is 5.69 Å². The van der Waals surface area contributed by atoms with E-state index in [0.717, 1.165) is 5.56 Å². The number of aromatic nitrogens is 2. The number of anilines is 1. The van der Waals surface area contributed by atoms with Crippen LogP contribution in [0.5, 0.6) is 0 Å². The van der Waals surface area contributed by atoms with Crippen molar-refractivity contribution in [3.8, 4) is 0 Å². The van der Waals surface area contributed by atoms with Gasteiger partial charge in [0.2, 0.25) is 5.78 Å². The Hall–Kier alpha value is -1.85. The summed E-state index contributed by atoms with van der Waals surface area (Å²) < 4.78 is 6.56. The van der Waals surface area contributed by atoms with Crippen molar-refractivity contribution >= 4 is 23.1 Å². The molecule has 0 atom stereocenters. The van der Waals surface area contributed by atoms with E-state index in [2.05, 4.69) is 5.10 Å². The van der Waals surface area contributed by atoms with Gasteiger partial charge in [0.15, 0.2) is 0 Å². The van der Waals surface area contributed by atoms with Crippen LogP contribution >= 0.6 is 11.6 Å². The summed E-state index contributed by atoms with van der Waals surface area (Å²) >= 11 is 6.08. The zero-order valence-electron chi connectivity index (χ0n) is 11.4. The minimum Gasteiger partial charge on any atom is -0.398 e. The van der Waals surface area contributed by atoms with Gasteiger partial charge in [-0.25, -0.2) is 0 Å². The molecule has 0 aliphatic carbocycles. The molecule has 0 radical (unpaired) electrons. The van der Waals surface area contributed by atoms with E-state index in [1.807, 2.05) is 6.92 Å². The van der Waals surface area contributed by atoms with Crippen LogP contribution < -0.4 is 5.73 Å². The second-order valence-corrected chi connectivity index (χ2v) is 4.81. The van der Waals surface area contributed by atoms with Gasteiger partial charge in [-0.1, -0.05) is 23.7 Å². The lowest BCUT2D eigenvalue weighted by molar-refractivity contribution is 0.102.